The summed E-state index contributed by atoms with van der Waals surface area (Å²) in [5.74, 6) is 0.157. The highest BCUT2D eigenvalue weighted by Crippen LogP contribution is 2.43. The first-order valence-corrected chi connectivity index (χ1v) is 14.7. The maximum atomic E-state index is 10.5. The van der Waals surface area contributed by atoms with Crippen molar-refractivity contribution < 1.29 is 15.3 Å². The van der Waals surface area contributed by atoms with E-state index >= 15 is 0 Å². The van der Waals surface area contributed by atoms with Crippen molar-refractivity contribution in [1.82, 2.24) is 19.9 Å². The molecule has 5 rings (SSSR count). The number of hydrogen-bond donors (Lipinski definition) is 5. The van der Waals surface area contributed by atoms with Crippen molar-refractivity contribution in [2.45, 2.75) is 72.1 Å². The highest BCUT2D eigenvalue weighted by atomic mass is 16.3. The SMILES string of the molecule is C=Cc1c(C)c2cc3nc(c(CCO)c4nc(cc5[nH]c(cc1[nH]2)c(C)c5CC)C(C)=C4CO)C(CCCO)C3C. The van der Waals surface area contributed by atoms with Crippen LogP contribution in [0.5, 0.6) is 0 Å². The zero-order valence-corrected chi connectivity index (χ0v) is 24.9. The van der Waals surface area contributed by atoms with Gasteiger partial charge in [0.05, 0.1) is 18.0 Å². The fraction of sp³-hybridized carbons (Fsp3) is 0.412. The molecular weight excluding hydrogens is 512 g/mol. The Balaban J connectivity index is 2.00. The Morgan fingerprint density at radius 2 is 1.63 bits per heavy atom. The maximum absolute atomic E-state index is 10.5. The summed E-state index contributed by atoms with van der Waals surface area (Å²) < 4.78 is 0. The van der Waals surface area contributed by atoms with Gasteiger partial charge < -0.3 is 25.3 Å². The minimum atomic E-state index is -0.151. The van der Waals surface area contributed by atoms with E-state index in [2.05, 4.69) is 62.4 Å². The quantitative estimate of drug-likeness (QED) is 0.225. The lowest BCUT2D eigenvalue weighted by atomic mass is 9.84. The van der Waals surface area contributed by atoms with Gasteiger partial charge in [0, 0.05) is 75.2 Å². The van der Waals surface area contributed by atoms with Crippen LogP contribution in [0, 0.1) is 13.8 Å². The molecule has 0 spiro atoms. The summed E-state index contributed by atoms with van der Waals surface area (Å²) in [5.41, 5.74) is 14.5. The van der Waals surface area contributed by atoms with Crippen molar-refractivity contribution in [1.29, 1.82) is 0 Å². The fourth-order valence-electron chi connectivity index (χ4n) is 6.59. The van der Waals surface area contributed by atoms with E-state index in [1.54, 1.807) is 0 Å². The number of aryl methyl sites for hydroxylation is 3. The van der Waals surface area contributed by atoms with Crippen LogP contribution in [0.15, 0.2) is 24.8 Å². The second kappa shape index (κ2) is 11.8. The molecule has 0 saturated carbocycles. The Labute approximate surface area is 241 Å². The first-order valence-electron chi connectivity index (χ1n) is 14.7. The number of hydrogen-bond acceptors (Lipinski definition) is 5. The van der Waals surface area contributed by atoms with Gasteiger partial charge in [0.25, 0.3) is 0 Å². The first-order chi connectivity index (χ1) is 19.8. The van der Waals surface area contributed by atoms with Gasteiger partial charge in [-0.2, -0.15) is 0 Å². The molecule has 0 amide bonds. The number of aliphatic hydroxyl groups is 3. The smallest absolute Gasteiger partial charge is 0.0746 e. The van der Waals surface area contributed by atoms with Crippen molar-refractivity contribution in [2.24, 2.45) is 0 Å². The van der Waals surface area contributed by atoms with Gasteiger partial charge in [0.1, 0.15) is 0 Å². The molecule has 3 aromatic rings. The van der Waals surface area contributed by atoms with Crippen molar-refractivity contribution in [3.05, 3.63) is 75.4 Å². The van der Waals surface area contributed by atoms with Crippen LogP contribution in [0.4, 0.5) is 0 Å². The van der Waals surface area contributed by atoms with Crippen LogP contribution < -0.4 is 0 Å². The van der Waals surface area contributed by atoms with Gasteiger partial charge in [-0.15, -0.1) is 0 Å². The number of nitrogens with zero attached hydrogens (tertiary/aromatic N) is 2. The Kier molecular flexibility index (Phi) is 8.32. The average molecular weight is 555 g/mol. The van der Waals surface area contributed by atoms with Gasteiger partial charge in [0.15, 0.2) is 0 Å². The number of aliphatic hydroxyl groups excluding tert-OH is 3. The second-order valence-electron chi connectivity index (χ2n) is 11.3. The largest absolute Gasteiger partial charge is 0.396 e. The van der Waals surface area contributed by atoms with E-state index in [9.17, 15) is 15.3 Å². The van der Waals surface area contributed by atoms with Crippen LogP contribution in [0.1, 0.15) is 96.0 Å². The summed E-state index contributed by atoms with van der Waals surface area (Å²) in [7, 11) is 0. The number of allylic oxidation sites excluding steroid dienone is 1. The summed E-state index contributed by atoms with van der Waals surface area (Å²) in [6, 6.07) is 6.37. The van der Waals surface area contributed by atoms with E-state index in [0.29, 0.717) is 18.5 Å². The van der Waals surface area contributed by atoms with Crippen LogP contribution in [0.3, 0.4) is 0 Å². The molecule has 2 aliphatic rings. The second-order valence-corrected chi connectivity index (χ2v) is 11.3. The number of fused-ring (bicyclic) bond motifs is 8. The molecule has 7 nitrogen and oxygen atoms in total. The molecule has 0 radical (unpaired) electrons. The fourth-order valence-corrected chi connectivity index (χ4v) is 6.59. The molecule has 8 bridgehead atoms. The van der Waals surface area contributed by atoms with Gasteiger partial charge in [-0.25, -0.2) is 4.98 Å². The molecule has 0 fully saturated rings. The molecule has 2 aliphatic heterocycles. The lowest BCUT2D eigenvalue weighted by molar-refractivity contribution is 0.276. The molecule has 0 aromatic carbocycles. The molecule has 0 saturated heterocycles. The van der Waals surface area contributed by atoms with Crippen LogP contribution in [-0.4, -0.2) is 55.1 Å². The molecular formula is C34H42N4O3. The highest BCUT2D eigenvalue weighted by molar-refractivity contribution is 5.93. The minimum absolute atomic E-state index is 0.0544. The third kappa shape index (κ3) is 4.96. The zero-order valence-electron chi connectivity index (χ0n) is 24.9. The van der Waals surface area contributed by atoms with Gasteiger partial charge >= 0.3 is 0 Å². The van der Waals surface area contributed by atoms with E-state index < -0.39 is 0 Å². The van der Waals surface area contributed by atoms with Crippen molar-refractivity contribution in [2.75, 3.05) is 19.8 Å². The summed E-state index contributed by atoms with van der Waals surface area (Å²) in [6.45, 7) is 14.6. The van der Waals surface area contributed by atoms with E-state index in [0.717, 1.165) is 79.8 Å². The van der Waals surface area contributed by atoms with E-state index in [4.69, 9.17) is 9.97 Å². The van der Waals surface area contributed by atoms with E-state index in [1.165, 1.54) is 11.1 Å². The van der Waals surface area contributed by atoms with Crippen LogP contribution in [0.2, 0.25) is 0 Å². The van der Waals surface area contributed by atoms with Gasteiger partial charge in [-0.1, -0.05) is 26.5 Å². The standard InChI is InChI=1S/C34H42N4O3/c1-7-22-18(3)27-14-29-20(5)24(10-9-12-39)33(37-29)25(11-13-40)34-26(17-41)21(6)30(38-34)16-32-23(8-2)19(4)28(36-32)15-31(22)35-27/h7,14-16,20,24,35-36,39-41H,1,8-13,17H2,2-6H3. The third-order valence-electron chi connectivity index (χ3n) is 9.05. The summed E-state index contributed by atoms with van der Waals surface area (Å²) in [5, 5.41) is 30.4. The third-order valence-corrected chi connectivity index (χ3v) is 9.05. The van der Waals surface area contributed by atoms with Crippen molar-refractivity contribution in [3.63, 3.8) is 0 Å². The van der Waals surface area contributed by atoms with Gasteiger partial charge in [-0.05, 0) is 86.9 Å². The Morgan fingerprint density at radius 1 is 0.902 bits per heavy atom. The van der Waals surface area contributed by atoms with Crippen molar-refractivity contribution in [3.8, 4) is 0 Å². The number of aromatic amines is 2. The van der Waals surface area contributed by atoms with Crippen LogP contribution >= 0.6 is 0 Å². The average Bonchev–Trinajstić information content (AvgIpc) is 3.63. The molecule has 216 valence electrons. The zero-order chi connectivity index (χ0) is 29.4. The molecule has 7 heteroatoms. The van der Waals surface area contributed by atoms with Crippen LogP contribution in [-0.2, 0) is 12.8 Å². The molecule has 2 unspecified atom stereocenters. The molecule has 2 atom stereocenters. The minimum Gasteiger partial charge on any atom is -0.396 e. The predicted molar refractivity (Wildman–Crippen MR) is 168 cm³/mol. The maximum Gasteiger partial charge on any atom is 0.0746 e. The van der Waals surface area contributed by atoms with E-state index in [-0.39, 0.29) is 31.7 Å². The molecule has 3 aromatic heterocycles. The topological polar surface area (TPSA) is 118 Å². The highest BCUT2D eigenvalue weighted by Gasteiger charge is 2.32. The summed E-state index contributed by atoms with van der Waals surface area (Å²) >= 11 is 0. The molecule has 41 heavy (non-hydrogen) atoms. The Hall–Kier alpha value is -3.52. The van der Waals surface area contributed by atoms with E-state index in [1.807, 2.05) is 13.0 Å². The van der Waals surface area contributed by atoms with Gasteiger partial charge in [-0.3, -0.25) is 4.98 Å². The lowest BCUT2D eigenvalue weighted by Crippen LogP contribution is -2.09. The molecule has 5 heterocycles. The Morgan fingerprint density at radius 3 is 2.29 bits per heavy atom. The predicted octanol–water partition coefficient (Wildman–Crippen LogP) is 6.25. The normalized spacial score (nSPS) is 17.0. The number of nitrogens with one attached hydrogen (secondary N) is 2. The summed E-state index contributed by atoms with van der Waals surface area (Å²) in [6.07, 6.45) is 4.56. The van der Waals surface area contributed by atoms with Crippen molar-refractivity contribution >= 4 is 39.3 Å². The van der Waals surface area contributed by atoms with Crippen LogP contribution in [0.25, 0.3) is 39.3 Å². The number of rotatable bonds is 8. The number of aromatic nitrogens is 4. The monoisotopic (exact) mass is 554 g/mol. The van der Waals surface area contributed by atoms with Gasteiger partial charge in [0.2, 0.25) is 0 Å². The molecule has 5 N–H and O–H groups in total. The Bertz CT molecular complexity index is 1690. The molecule has 0 aliphatic carbocycles. The summed E-state index contributed by atoms with van der Waals surface area (Å²) in [4.78, 5) is 17.6. The first kappa shape index (κ1) is 29.0. The number of H-pyrrole nitrogens is 2. The lowest BCUT2D eigenvalue weighted by Gasteiger charge is -2.18.